The molecule has 0 unspecified atom stereocenters. The van der Waals surface area contributed by atoms with Crippen molar-refractivity contribution >= 4 is 34.5 Å². The summed E-state index contributed by atoms with van der Waals surface area (Å²) in [6.07, 6.45) is 1.58. The van der Waals surface area contributed by atoms with Gasteiger partial charge in [-0.15, -0.1) is 0 Å². The topological polar surface area (TPSA) is 79.4 Å². The highest BCUT2D eigenvalue weighted by Crippen LogP contribution is 2.26. The smallest absolute Gasteiger partial charge is 0.289 e. The number of carbonyl (C=O) groups excluding carboxylic acids is 1. The van der Waals surface area contributed by atoms with E-state index in [0.717, 1.165) is 21.9 Å². The molecule has 0 bridgehead atoms. The Morgan fingerprint density at radius 2 is 1.93 bits per heavy atom. The normalized spacial score (nSPS) is 11.1. The number of fused-ring (bicyclic) bond motifs is 1. The average Bonchev–Trinajstić information content (AvgIpc) is 3.24. The van der Waals surface area contributed by atoms with E-state index in [9.17, 15) is 4.79 Å². The third-order valence-electron chi connectivity index (χ3n) is 4.47. The summed E-state index contributed by atoms with van der Waals surface area (Å²) < 4.78 is 5.43. The summed E-state index contributed by atoms with van der Waals surface area (Å²) in [7, 11) is 1.60. The first-order valence-electron chi connectivity index (χ1n) is 8.86. The van der Waals surface area contributed by atoms with Gasteiger partial charge < -0.3 is 4.74 Å². The van der Waals surface area contributed by atoms with Gasteiger partial charge in [-0.05, 0) is 35.0 Å². The average molecular weight is 405 g/mol. The molecule has 0 radical (unpaired) electrons. The van der Waals surface area contributed by atoms with Crippen LogP contribution in [0.3, 0.4) is 0 Å². The molecule has 4 rings (SSSR count). The number of benzene rings is 3. The second-order valence-electron chi connectivity index (χ2n) is 6.28. The number of aromatic nitrogens is 2. The van der Waals surface area contributed by atoms with Crippen LogP contribution in [-0.4, -0.2) is 29.4 Å². The molecule has 144 valence electrons. The van der Waals surface area contributed by atoms with E-state index in [0.29, 0.717) is 22.2 Å². The minimum atomic E-state index is -0.395. The predicted octanol–water partition coefficient (Wildman–Crippen LogP) is 4.66. The third kappa shape index (κ3) is 3.97. The zero-order valence-electron chi connectivity index (χ0n) is 15.5. The lowest BCUT2D eigenvalue weighted by Crippen LogP contribution is -2.18. The Kier molecular flexibility index (Phi) is 5.27. The van der Waals surface area contributed by atoms with Gasteiger partial charge in [-0.3, -0.25) is 9.89 Å². The lowest BCUT2D eigenvalue weighted by molar-refractivity contribution is 0.0950. The standard InChI is InChI=1S/C22H17ClN4O2/c1-29-21-11-8-14-4-2-3-5-17(14)18(21)13-24-27-22(28)20-12-19(25-26-20)15-6-9-16(23)10-7-15/h2-13H,1H3,(H,25,26)(H,27,28). The van der Waals surface area contributed by atoms with Crippen LogP contribution in [0.25, 0.3) is 22.0 Å². The molecule has 0 fully saturated rings. The van der Waals surface area contributed by atoms with Crippen LogP contribution in [0.4, 0.5) is 0 Å². The van der Waals surface area contributed by atoms with Crippen LogP contribution in [0.15, 0.2) is 71.8 Å². The molecule has 0 saturated heterocycles. The molecule has 0 spiro atoms. The minimum Gasteiger partial charge on any atom is -0.496 e. The Morgan fingerprint density at radius 3 is 2.72 bits per heavy atom. The van der Waals surface area contributed by atoms with E-state index < -0.39 is 5.91 Å². The highest BCUT2D eigenvalue weighted by Gasteiger charge is 2.11. The number of nitrogens with one attached hydrogen (secondary N) is 2. The minimum absolute atomic E-state index is 0.303. The number of amides is 1. The van der Waals surface area contributed by atoms with E-state index in [4.69, 9.17) is 16.3 Å². The lowest BCUT2D eigenvalue weighted by Gasteiger charge is -2.08. The highest BCUT2D eigenvalue weighted by molar-refractivity contribution is 6.30. The number of hydrogen-bond acceptors (Lipinski definition) is 4. The molecule has 3 aromatic carbocycles. The van der Waals surface area contributed by atoms with Crippen molar-refractivity contribution in [3.05, 3.63) is 83.0 Å². The summed E-state index contributed by atoms with van der Waals surface area (Å²) in [5.74, 6) is 0.279. The fourth-order valence-electron chi connectivity index (χ4n) is 3.01. The van der Waals surface area contributed by atoms with Crippen LogP contribution in [0.5, 0.6) is 5.75 Å². The number of hydrogen-bond donors (Lipinski definition) is 2. The highest BCUT2D eigenvalue weighted by atomic mass is 35.5. The summed E-state index contributed by atoms with van der Waals surface area (Å²) in [6, 6.07) is 20.6. The largest absolute Gasteiger partial charge is 0.496 e. The van der Waals surface area contributed by atoms with Gasteiger partial charge in [0.25, 0.3) is 5.91 Å². The van der Waals surface area contributed by atoms with Crippen LogP contribution < -0.4 is 10.2 Å². The maximum atomic E-state index is 12.4. The van der Waals surface area contributed by atoms with E-state index in [1.54, 1.807) is 31.5 Å². The molecule has 29 heavy (non-hydrogen) atoms. The number of nitrogens with zero attached hydrogens (tertiary/aromatic N) is 2. The van der Waals surface area contributed by atoms with E-state index >= 15 is 0 Å². The van der Waals surface area contributed by atoms with E-state index in [1.807, 2.05) is 48.5 Å². The van der Waals surface area contributed by atoms with Gasteiger partial charge >= 0.3 is 0 Å². The number of aromatic amines is 1. The second-order valence-corrected chi connectivity index (χ2v) is 6.71. The van der Waals surface area contributed by atoms with Crippen molar-refractivity contribution in [1.82, 2.24) is 15.6 Å². The Bertz CT molecular complexity index is 1200. The van der Waals surface area contributed by atoms with E-state index in [2.05, 4.69) is 20.7 Å². The summed E-state index contributed by atoms with van der Waals surface area (Å²) >= 11 is 5.90. The van der Waals surface area contributed by atoms with Gasteiger partial charge in [-0.25, -0.2) is 5.43 Å². The first-order chi connectivity index (χ1) is 14.2. The van der Waals surface area contributed by atoms with E-state index in [-0.39, 0.29) is 0 Å². The van der Waals surface area contributed by atoms with Crippen molar-refractivity contribution in [2.24, 2.45) is 5.10 Å². The van der Waals surface area contributed by atoms with Gasteiger partial charge in [-0.2, -0.15) is 10.2 Å². The molecule has 4 aromatic rings. The molecule has 0 aliphatic rings. The van der Waals surface area contributed by atoms with Crippen LogP contribution in [0.2, 0.25) is 5.02 Å². The monoisotopic (exact) mass is 404 g/mol. The molecule has 0 aliphatic carbocycles. The molecule has 1 aromatic heterocycles. The molecular weight excluding hydrogens is 388 g/mol. The molecule has 7 heteroatoms. The summed E-state index contributed by atoms with van der Waals surface area (Å²) in [5, 5.41) is 13.7. The number of halogens is 1. The van der Waals surface area contributed by atoms with Crippen molar-refractivity contribution in [3.63, 3.8) is 0 Å². The quantitative estimate of drug-likeness (QED) is 0.375. The van der Waals surface area contributed by atoms with Crippen LogP contribution in [0, 0.1) is 0 Å². The van der Waals surface area contributed by atoms with Crippen LogP contribution in [-0.2, 0) is 0 Å². The molecule has 1 amide bonds. The van der Waals surface area contributed by atoms with Gasteiger partial charge in [0.15, 0.2) is 0 Å². The Balaban J connectivity index is 1.53. The first kappa shape index (κ1) is 18.7. The zero-order chi connectivity index (χ0) is 20.2. The fraction of sp³-hybridized carbons (Fsp3) is 0.0455. The molecule has 0 aliphatic heterocycles. The van der Waals surface area contributed by atoms with Crippen molar-refractivity contribution in [3.8, 4) is 17.0 Å². The van der Waals surface area contributed by atoms with Crippen molar-refractivity contribution in [2.75, 3.05) is 7.11 Å². The Hall–Kier alpha value is -3.64. The molecular formula is C22H17ClN4O2. The van der Waals surface area contributed by atoms with Crippen molar-refractivity contribution in [1.29, 1.82) is 0 Å². The number of hydrazone groups is 1. The summed E-state index contributed by atoms with van der Waals surface area (Å²) in [5.41, 5.74) is 5.11. The maximum Gasteiger partial charge on any atom is 0.289 e. The molecule has 0 saturated carbocycles. The van der Waals surface area contributed by atoms with Crippen molar-refractivity contribution < 1.29 is 9.53 Å². The lowest BCUT2D eigenvalue weighted by atomic mass is 10.0. The van der Waals surface area contributed by atoms with Gasteiger partial charge in [0.1, 0.15) is 11.4 Å². The third-order valence-corrected chi connectivity index (χ3v) is 4.72. The Labute approximate surface area is 172 Å². The van der Waals surface area contributed by atoms with E-state index in [1.165, 1.54) is 0 Å². The van der Waals surface area contributed by atoms with Gasteiger partial charge in [0.2, 0.25) is 0 Å². The SMILES string of the molecule is COc1ccc2ccccc2c1C=NNC(=O)c1cc(-c2ccc(Cl)cc2)n[nH]1. The van der Waals surface area contributed by atoms with Crippen LogP contribution >= 0.6 is 11.6 Å². The zero-order valence-corrected chi connectivity index (χ0v) is 16.3. The van der Waals surface area contributed by atoms with Gasteiger partial charge in [0.05, 0.1) is 19.0 Å². The molecule has 6 nitrogen and oxygen atoms in total. The molecule has 2 N–H and O–H groups in total. The second kappa shape index (κ2) is 8.16. The summed E-state index contributed by atoms with van der Waals surface area (Å²) in [4.78, 5) is 12.4. The first-order valence-corrected chi connectivity index (χ1v) is 9.24. The fourth-order valence-corrected chi connectivity index (χ4v) is 3.13. The summed E-state index contributed by atoms with van der Waals surface area (Å²) in [6.45, 7) is 0. The van der Waals surface area contributed by atoms with Crippen LogP contribution in [0.1, 0.15) is 16.1 Å². The maximum absolute atomic E-state index is 12.4. The van der Waals surface area contributed by atoms with Gasteiger partial charge in [-0.1, -0.05) is 54.1 Å². The number of carbonyl (C=O) groups is 1. The number of H-pyrrole nitrogens is 1. The Morgan fingerprint density at radius 1 is 1.14 bits per heavy atom. The van der Waals surface area contributed by atoms with Crippen molar-refractivity contribution in [2.45, 2.75) is 0 Å². The predicted molar refractivity (Wildman–Crippen MR) is 115 cm³/mol. The molecule has 0 atom stereocenters. The van der Waals surface area contributed by atoms with Gasteiger partial charge in [0, 0.05) is 16.1 Å². The number of ether oxygens (including phenoxy) is 1. The number of methoxy groups -OCH3 is 1. The number of rotatable bonds is 5. The molecule has 1 heterocycles.